The van der Waals surface area contributed by atoms with E-state index in [0.717, 1.165) is 5.56 Å². The molecule has 0 radical (unpaired) electrons. The highest BCUT2D eigenvalue weighted by Crippen LogP contribution is 2.35. The van der Waals surface area contributed by atoms with E-state index in [0.29, 0.717) is 23.9 Å². The second-order valence-corrected chi connectivity index (χ2v) is 5.82. The zero-order valence-corrected chi connectivity index (χ0v) is 12.7. The topological polar surface area (TPSA) is 49.8 Å². The van der Waals surface area contributed by atoms with Gasteiger partial charge in [-0.25, -0.2) is 0 Å². The van der Waals surface area contributed by atoms with Gasteiger partial charge in [0.15, 0.2) is 6.61 Å². The Morgan fingerprint density at radius 3 is 2.59 bits per heavy atom. The molecule has 0 saturated heterocycles. The van der Waals surface area contributed by atoms with Crippen LogP contribution >= 0.6 is 0 Å². The molecule has 0 saturated carbocycles. The van der Waals surface area contributed by atoms with Crippen LogP contribution in [0.25, 0.3) is 0 Å². The zero-order valence-electron chi connectivity index (χ0n) is 12.7. The number of fused-ring (bicyclic) bond motifs is 1. The summed E-state index contributed by atoms with van der Waals surface area (Å²) < 4.78 is 5.38. The van der Waals surface area contributed by atoms with Crippen molar-refractivity contribution in [2.75, 3.05) is 11.5 Å². The Labute approximate surface area is 130 Å². The van der Waals surface area contributed by atoms with Crippen LogP contribution in [0.4, 0.5) is 5.69 Å². The summed E-state index contributed by atoms with van der Waals surface area (Å²) in [6, 6.07) is 13.1. The lowest BCUT2D eigenvalue weighted by Gasteiger charge is -2.29. The predicted molar refractivity (Wildman–Crippen MR) is 85.3 cm³/mol. The lowest BCUT2D eigenvalue weighted by molar-refractivity contribution is -0.121. The van der Waals surface area contributed by atoms with Crippen molar-refractivity contribution in [3.05, 3.63) is 53.6 Å². The minimum Gasteiger partial charge on any atom is -0.508 e. The predicted octanol–water partition coefficient (Wildman–Crippen LogP) is 3.44. The van der Waals surface area contributed by atoms with E-state index in [1.807, 2.05) is 0 Å². The van der Waals surface area contributed by atoms with Gasteiger partial charge in [0.25, 0.3) is 5.91 Å². The van der Waals surface area contributed by atoms with Gasteiger partial charge in [-0.15, -0.1) is 0 Å². The van der Waals surface area contributed by atoms with Crippen molar-refractivity contribution < 1.29 is 14.6 Å². The van der Waals surface area contributed by atoms with Gasteiger partial charge >= 0.3 is 0 Å². The number of rotatable bonds is 3. The van der Waals surface area contributed by atoms with E-state index in [2.05, 4.69) is 38.1 Å². The molecule has 1 N–H and O–H groups in total. The third-order valence-electron chi connectivity index (χ3n) is 3.87. The quantitative estimate of drug-likeness (QED) is 0.944. The molecule has 1 aliphatic heterocycles. The number of benzene rings is 2. The van der Waals surface area contributed by atoms with Crippen LogP contribution in [-0.2, 0) is 11.3 Å². The van der Waals surface area contributed by atoms with Crippen LogP contribution in [0.2, 0.25) is 0 Å². The summed E-state index contributed by atoms with van der Waals surface area (Å²) in [5.74, 6) is 1.08. The number of phenolic OH excluding ortho intramolecular Hbond substituents is 1. The van der Waals surface area contributed by atoms with Crippen molar-refractivity contribution in [3.8, 4) is 11.5 Å². The van der Waals surface area contributed by atoms with E-state index in [4.69, 9.17) is 4.74 Å². The number of nitrogens with zero attached hydrogens (tertiary/aromatic N) is 1. The molecule has 0 atom stereocenters. The minimum atomic E-state index is -0.0777. The number of carbonyl (C=O) groups is 1. The lowest BCUT2D eigenvalue weighted by atomic mass is 10.0. The van der Waals surface area contributed by atoms with Gasteiger partial charge in [0, 0.05) is 6.07 Å². The van der Waals surface area contributed by atoms with Gasteiger partial charge in [-0.1, -0.05) is 38.1 Å². The fourth-order valence-corrected chi connectivity index (χ4v) is 2.56. The van der Waals surface area contributed by atoms with Crippen molar-refractivity contribution in [1.82, 2.24) is 0 Å². The summed E-state index contributed by atoms with van der Waals surface area (Å²) in [4.78, 5) is 13.9. The van der Waals surface area contributed by atoms with Gasteiger partial charge in [0.1, 0.15) is 11.5 Å². The Hall–Kier alpha value is -2.49. The van der Waals surface area contributed by atoms with E-state index in [1.165, 1.54) is 11.6 Å². The molecule has 1 heterocycles. The Balaban J connectivity index is 1.87. The van der Waals surface area contributed by atoms with Crippen LogP contribution in [-0.4, -0.2) is 17.6 Å². The third kappa shape index (κ3) is 2.77. The van der Waals surface area contributed by atoms with Gasteiger partial charge in [-0.3, -0.25) is 4.79 Å². The molecule has 2 aromatic rings. The summed E-state index contributed by atoms with van der Waals surface area (Å²) in [6.45, 7) is 4.81. The molecule has 1 amide bonds. The van der Waals surface area contributed by atoms with Gasteiger partial charge in [0.05, 0.1) is 12.2 Å². The number of carbonyl (C=O) groups excluding carboxylic acids is 1. The molecule has 0 spiro atoms. The molecule has 0 aliphatic carbocycles. The second-order valence-electron chi connectivity index (χ2n) is 5.82. The van der Waals surface area contributed by atoms with Crippen molar-refractivity contribution in [2.45, 2.75) is 26.3 Å². The first-order valence-corrected chi connectivity index (χ1v) is 7.39. The van der Waals surface area contributed by atoms with Gasteiger partial charge in [-0.05, 0) is 29.2 Å². The smallest absolute Gasteiger partial charge is 0.265 e. The molecule has 114 valence electrons. The van der Waals surface area contributed by atoms with Crippen LogP contribution in [0.3, 0.4) is 0 Å². The maximum atomic E-state index is 12.2. The van der Waals surface area contributed by atoms with Crippen LogP contribution in [0, 0.1) is 0 Å². The number of phenols is 1. The van der Waals surface area contributed by atoms with Crippen molar-refractivity contribution in [1.29, 1.82) is 0 Å². The standard InChI is InChI=1S/C18H19NO3/c1-12(2)14-5-3-13(4-6-14)10-19-16-8-7-15(20)9-17(16)22-11-18(19)21/h3-9,12,20H,10-11H2,1-2H3. The van der Waals surface area contributed by atoms with Crippen molar-refractivity contribution in [2.24, 2.45) is 0 Å². The highest BCUT2D eigenvalue weighted by atomic mass is 16.5. The Morgan fingerprint density at radius 2 is 1.91 bits per heavy atom. The average molecular weight is 297 g/mol. The maximum Gasteiger partial charge on any atom is 0.265 e. The Morgan fingerprint density at radius 1 is 1.18 bits per heavy atom. The van der Waals surface area contributed by atoms with Gasteiger partial charge in [0.2, 0.25) is 0 Å². The lowest BCUT2D eigenvalue weighted by Crippen LogP contribution is -2.38. The average Bonchev–Trinajstić information content (AvgIpc) is 2.50. The molecule has 2 aromatic carbocycles. The maximum absolute atomic E-state index is 12.2. The minimum absolute atomic E-state index is 0.000527. The molecule has 3 rings (SSSR count). The van der Waals surface area contributed by atoms with Crippen LogP contribution in [0.5, 0.6) is 11.5 Å². The summed E-state index contributed by atoms with van der Waals surface area (Å²) in [6.07, 6.45) is 0. The third-order valence-corrected chi connectivity index (χ3v) is 3.87. The number of anilines is 1. The van der Waals surface area contributed by atoms with E-state index in [1.54, 1.807) is 17.0 Å². The second kappa shape index (κ2) is 5.72. The largest absolute Gasteiger partial charge is 0.508 e. The van der Waals surface area contributed by atoms with Crippen LogP contribution < -0.4 is 9.64 Å². The first-order valence-electron chi connectivity index (χ1n) is 7.39. The highest BCUT2D eigenvalue weighted by molar-refractivity contribution is 5.97. The normalized spacial score (nSPS) is 14.0. The molecule has 0 bridgehead atoms. The fraction of sp³-hybridized carbons (Fsp3) is 0.278. The number of aromatic hydroxyl groups is 1. The molecule has 4 nitrogen and oxygen atoms in total. The molecule has 22 heavy (non-hydrogen) atoms. The van der Waals surface area contributed by atoms with Gasteiger partial charge < -0.3 is 14.7 Å². The number of hydrogen-bond acceptors (Lipinski definition) is 3. The molecule has 1 aliphatic rings. The van der Waals surface area contributed by atoms with Crippen molar-refractivity contribution in [3.63, 3.8) is 0 Å². The fourth-order valence-electron chi connectivity index (χ4n) is 2.56. The SMILES string of the molecule is CC(C)c1ccc(CN2C(=O)COc3cc(O)ccc32)cc1. The molecule has 0 fully saturated rings. The molecule has 4 heteroatoms. The van der Waals surface area contributed by atoms with Crippen molar-refractivity contribution >= 4 is 11.6 Å². The van der Waals surface area contributed by atoms with E-state index < -0.39 is 0 Å². The van der Waals surface area contributed by atoms with Gasteiger partial charge in [-0.2, -0.15) is 0 Å². The zero-order chi connectivity index (χ0) is 15.7. The van der Waals surface area contributed by atoms with E-state index in [9.17, 15) is 9.90 Å². The highest BCUT2D eigenvalue weighted by Gasteiger charge is 2.25. The van der Waals surface area contributed by atoms with Crippen LogP contribution in [0.1, 0.15) is 30.9 Å². The summed E-state index contributed by atoms with van der Waals surface area (Å²) >= 11 is 0. The molecule has 0 aromatic heterocycles. The van der Waals surface area contributed by atoms with E-state index >= 15 is 0 Å². The van der Waals surface area contributed by atoms with E-state index in [-0.39, 0.29) is 18.3 Å². The number of amides is 1. The molecule has 0 unspecified atom stereocenters. The first-order chi connectivity index (χ1) is 10.5. The summed E-state index contributed by atoms with van der Waals surface area (Å²) in [7, 11) is 0. The van der Waals surface area contributed by atoms with Crippen LogP contribution in [0.15, 0.2) is 42.5 Å². The Kier molecular flexibility index (Phi) is 3.75. The number of hydrogen-bond donors (Lipinski definition) is 1. The number of ether oxygens (including phenoxy) is 1. The first kappa shape index (κ1) is 14.4. The Bertz CT molecular complexity index is 692. The molecular formula is C18H19NO3. The summed E-state index contributed by atoms with van der Waals surface area (Å²) in [5.41, 5.74) is 3.04. The monoisotopic (exact) mass is 297 g/mol. The summed E-state index contributed by atoms with van der Waals surface area (Å²) in [5, 5.41) is 9.53. The molecular weight excluding hydrogens is 278 g/mol.